The Bertz CT molecular complexity index is 612. The topological polar surface area (TPSA) is 35.5 Å². The van der Waals surface area contributed by atoms with Crippen LogP contribution in [0, 0.1) is 0 Å². The lowest BCUT2D eigenvalue weighted by molar-refractivity contribution is -0.0494. The molecule has 5 heteroatoms. The Hall–Kier alpha value is -2.43. The van der Waals surface area contributed by atoms with Gasteiger partial charge in [0.25, 0.3) is 0 Å². The number of carbonyl (C=O) groups excluding carboxylic acids is 1. The van der Waals surface area contributed by atoms with Crippen LogP contribution in [-0.4, -0.2) is 20.0 Å². The number of hydrogen-bond acceptors (Lipinski definition) is 3. The molecule has 0 saturated carbocycles. The van der Waals surface area contributed by atoms with Crippen molar-refractivity contribution in [2.45, 2.75) is 6.61 Å². The van der Waals surface area contributed by atoms with Crippen LogP contribution in [-0.2, 0) is 0 Å². The van der Waals surface area contributed by atoms with Gasteiger partial charge in [-0.25, -0.2) is 0 Å². The molecule has 0 spiro atoms. The largest absolute Gasteiger partial charge is 0.497 e. The molecule has 0 saturated heterocycles. The highest BCUT2D eigenvalue weighted by Crippen LogP contribution is 2.33. The van der Waals surface area contributed by atoms with Crippen molar-refractivity contribution in [2.75, 3.05) is 7.11 Å². The number of methoxy groups -OCH3 is 1. The number of aldehydes is 1. The van der Waals surface area contributed by atoms with Crippen molar-refractivity contribution >= 4 is 6.29 Å². The van der Waals surface area contributed by atoms with Gasteiger partial charge in [0.2, 0.25) is 0 Å². The first-order chi connectivity index (χ1) is 9.63. The van der Waals surface area contributed by atoms with E-state index in [1.54, 1.807) is 24.3 Å². The molecule has 3 nitrogen and oxygen atoms in total. The Morgan fingerprint density at radius 1 is 1.15 bits per heavy atom. The van der Waals surface area contributed by atoms with Crippen LogP contribution in [0.15, 0.2) is 42.5 Å². The lowest BCUT2D eigenvalue weighted by Gasteiger charge is -2.12. The van der Waals surface area contributed by atoms with E-state index in [0.717, 1.165) is 0 Å². The number of halogens is 2. The highest BCUT2D eigenvalue weighted by atomic mass is 19.3. The van der Waals surface area contributed by atoms with Gasteiger partial charge in [0.15, 0.2) is 0 Å². The minimum atomic E-state index is -2.93. The van der Waals surface area contributed by atoms with Gasteiger partial charge in [-0.3, -0.25) is 4.79 Å². The minimum absolute atomic E-state index is 0.0128. The molecular weight excluding hydrogens is 266 g/mol. The maximum absolute atomic E-state index is 12.4. The Kier molecular flexibility index (Phi) is 4.30. The number of ether oxygens (including phenoxy) is 2. The van der Waals surface area contributed by atoms with Crippen molar-refractivity contribution in [1.29, 1.82) is 0 Å². The van der Waals surface area contributed by atoms with Crippen LogP contribution in [0.3, 0.4) is 0 Å². The van der Waals surface area contributed by atoms with Crippen LogP contribution < -0.4 is 9.47 Å². The van der Waals surface area contributed by atoms with Crippen LogP contribution in [0.5, 0.6) is 11.5 Å². The van der Waals surface area contributed by atoms with Crippen molar-refractivity contribution in [3.8, 4) is 22.6 Å². The number of hydrogen-bond donors (Lipinski definition) is 0. The van der Waals surface area contributed by atoms with Crippen molar-refractivity contribution in [2.24, 2.45) is 0 Å². The molecule has 0 amide bonds. The monoisotopic (exact) mass is 278 g/mol. The van der Waals surface area contributed by atoms with E-state index in [2.05, 4.69) is 4.74 Å². The van der Waals surface area contributed by atoms with Gasteiger partial charge < -0.3 is 9.47 Å². The Labute approximate surface area is 114 Å². The molecule has 2 rings (SSSR count). The molecule has 0 bridgehead atoms. The molecule has 0 N–H and O–H groups in total. The van der Waals surface area contributed by atoms with Gasteiger partial charge in [0.1, 0.15) is 17.8 Å². The van der Waals surface area contributed by atoms with Crippen molar-refractivity contribution in [1.82, 2.24) is 0 Å². The van der Waals surface area contributed by atoms with Gasteiger partial charge in [0, 0.05) is 11.1 Å². The van der Waals surface area contributed by atoms with Crippen LogP contribution >= 0.6 is 0 Å². The zero-order chi connectivity index (χ0) is 14.5. The second-order valence-corrected chi connectivity index (χ2v) is 3.98. The average Bonchev–Trinajstić information content (AvgIpc) is 2.47. The summed E-state index contributed by atoms with van der Waals surface area (Å²) in [6.45, 7) is -2.93. The maximum atomic E-state index is 12.4. The molecule has 0 atom stereocenters. The van der Waals surface area contributed by atoms with Crippen LogP contribution in [0.25, 0.3) is 11.1 Å². The first-order valence-corrected chi connectivity index (χ1v) is 5.82. The fourth-order valence-corrected chi connectivity index (χ4v) is 1.84. The van der Waals surface area contributed by atoms with E-state index in [0.29, 0.717) is 28.7 Å². The predicted octanol–water partition coefficient (Wildman–Crippen LogP) is 3.78. The number of rotatable bonds is 5. The molecule has 2 aromatic carbocycles. The second kappa shape index (κ2) is 6.14. The van der Waals surface area contributed by atoms with Gasteiger partial charge in [-0.05, 0) is 35.9 Å². The summed E-state index contributed by atoms with van der Waals surface area (Å²) in [5, 5.41) is 0. The Balaban J connectivity index is 2.53. The first kappa shape index (κ1) is 14.0. The van der Waals surface area contributed by atoms with E-state index in [1.165, 1.54) is 25.3 Å². The molecule has 0 aliphatic carbocycles. The molecule has 0 aliphatic heterocycles. The van der Waals surface area contributed by atoms with Crippen LogP contribution in [0.4, 0.5) is 8.78 Å². The number of benzene rings is 2. The van der Waals surface area contributed by atoms with E-state index < -0.39 is 6.61 Å². The summed E-state index contributed by atoms with van der Waals surface area (Å²) in [6.07, 6.45) is 0.649. The third kappa shape index (κ3) is 3.12. The zero-order valence-corrected chi connectivity index (χ0v) is 10.7. The lowest BCUT2D eigenvalue weighted by Crippen LogP contribution is -2.03. The van der Waals surface area contributed by atoms with Gasteiger partial charge in [0.05, 0.1) is 7.11 Å². The lowest BCUT2D eigenvalue weighted by atomic mass is 10.0. The minimum Gasteiger partial charge on any atom is -0.497 e. The Morgan fingerprint density at radius 2 is 1.95 bits per heavy atom. The molecular formula is C15H12F2O3. The second-order valence-electron chi connectivity index (χ2n) is 3.98. The average molecular weight is 278 g/mol. The van der Waals surface area contributed by atoms with Crippen molar-refractivity contribution < 1.29 is 23.0 Å². The summed E-state index contributed by atoms with van der Waals surface area (Å²) < 4.78 is 34.4. The van der Waals surface area contributed by atoms with Gasteiger partial charge >= 0.3 is 6.61 Å². The van der Waals surface area contributed by atoms with Gasteiger partial charge in [-0.2, -0.15) is 8.78 Å². The third-order valence-electron chi connectivity index (χ3n) is 2.74. The molecule has 0 aliphatic rings. The van der Waals surface area contributed by atoms with Gasteiger partial charge in [-0.15, -0.1) is 0 Å². The summed E-state index contributed by atoms with van der Waals surface area (Å²) >= 11 is 0. The summed E-state index contributed by atoms with van der Waals surface area (Å²) in [5.74, 6) is 0.598. The molecule has 0 heterocycles. The molecule has 20 heavy (non-hydrogen) atoms. The fraction of sp³-hybridized carbons (Fsp3) is 0.133. The highest BCUT2D eigenvalue weighted by molar-refractivity contribution is 5.81. The molecule has 104 valence electrons. The normalized spacial score (nSPS) is 10.4. The molecule has 0 unspecified atom stereocenters. The highest BCUT2D eigenvalue weighted by Gasteiger charge is 2.12. The summed E-state index contributed by atoms with van der Waals surface area (Å²) in [7, 11) is 1.51. The zero-order valence-electron chi connectivity index (χ0n) is 10.7. The maximum Gasteiger partial charge on any atom is 0.387 e. The van der Waals surface area contributed by atoms with Crippen molar-refractivity contribution in [3.63, 3.8) is 0 Å². The van der Waals surface area contributed by atoms with Crippen molar-refractivity contribution in [3.05, 3.63) is 48.0 Å². The van der Waals surface area contributed by atoms with Crippen LogP contribution in [0.1, 0.15) is 10.4 Å². The number of alkyl halides is 2. The fourth-order valence-electron chi connectivity index (χ4n) is 1.84. The van der Waals surface area contributed by atoms with Crippen LogP contribution in [0.2, 0.25) is 0 Å². The standard InChI is InChI=1S/C15H12F2O3/c1-19-12-4-2-3-11(8-12)13-7-10(9-18)5-6-14(13)20-15(16)17/h2-9,15H,1H3. The quantitative estimate of drug-likeness (QED) is 0.781. The number of carbonyl (C=O) groups is 1. The van der Waals surface area contributed by atoms with E-state index >= 15 is 0 Å². The first-order valence-electron chi connectivity index (χ1n) is 5.82. The molecule has 2 aromatic rings. The van der Waals surface area contributed by atoms with E-state index in [9.17, 15) is 13.6 Å². The van der Waals surface area contributed by atoms with E-state index in [-0.39, 0.29) is 5.75 Å². The van der Waals surface area contributed by atoms with E-state index in [1.807, 2.05) is 0 Å². The molecule has 0 radical (unpaired) electrons. The molecule has 0 fully saturated rings. The SMILES string of the molecule is COc1cccc(-c2cc(C=O)ccc2OC(F)F)c1. The summed E-state index contributed by atoms with van der Waals surface area (Å²) in [5.41, 5.74) is 1.42. The van der Waals surface area contributed by atoms with E-state index in [4.69, 9.17) is 4.74 Å². The molecule has 0 aromatic heterocycles. The smallest absolute Gasteiger partial charge is 0.387 e. The predicted molar refractivity (Wildman–Crippen MR) is 70.4 cm³/mol. The van der Waals surface area contributed by atoms with Gasteiger partial charge in [-0.1, -0.05) is 12.1 Å². The summed E-state index contributed by atoms with van der Waals surface area (Å²) in [4.78, 5) is 10.8. The third-order valence-corrected chi connectivity index (χ3v) is 2.74. The summed E-state index contributed by atoms with van der Waals surface area (Å²) in [6, 6.07) is 11.2. The Morgan fingerprint density at radius 3 is 2.60 bits per heavy atom.